The first-order chi connectivity index (χ1) is 19.7. The Balaban J connectivity index is 2.12. The summed E-state index contributed by atoms with van der Waals surface area (Å²) in [7, 11) is 0. The number of hydrogen-bond acceptors (Lipinski definition) is 7. The molecule has 0 heterocycles. The van der Waals surface area contributed by atoms with E-state index in [2.05, 4.69) is 16.1 Å². The fraction of sp³-hybridized carbons (Fsp3) is 0.531. The summed E-state index contributed by atoms with van der Waals surface area (Å²) in [6.07, 6.45) is -2.04. The Labute approximate surface area is 250 Å². The van der Waals surface area contributed by atoms with Crippen LogP contribution >= 0.6 is 0 Å². The maximum Gasteiger partial charge on any atom is 0.408 e. The van der Waals surface area contributed by atoms with Crippen LogP contribution in [0.25, 0.3) is 0 Å². The molecule has 10 nitrogen and oxygen atoms in total. The van der Waals surface area contributed by atoms with Crippen molar-refractivity contribution in [2.75, 3.05) is 13.1 Å². The number of aliphatic hydroxyl groups excluding tert-OH is 1. The third-order valence-electron chi connectivity index (χ3n) is 6.16. The quantitative estimate of drug-likeness (QED) is 0.242. The van der Waals surface area contributed by atoms with Gasteiger partial charge in [-0.15, -0.1) is 0 Å². The molecule has 4 N–H and O–H groups in total. The number of aliphatic hydroxyl groups is 1. The molecule has 0 aliphatic rings. The van der Waals surface area contributed by atoms with Gasteiger partial charge in [0, 0.05) is 13.1 Å². The monoisotopic (exact) mass is 584 g/mol. The zero-order valence-electron chi connectivity index (χ0n) is 25.9. The van der Waals surface area contributed by atoms with Gasteiger partial charge in [-0.05, 0) is 50.2 Å². The number of nitrogens with one attached hydrogen (secondary N) is 3. The van der Waals surface area contributed by atoms with Crippen LogP contribution in [0.4, 0.5) is 9.59 Å². The van der Waals surface area contributed by atoms with Crippen LogP contribution < -0.4 is 16.1 Å². The number of rotatable bonds is 14. The zero-order valence-corrected chi connectivity index (χ0v) is 25.9. The van der Waals surface area contributed by atoms with Crippen molar-refractivity contribution in [1.29, 1.82) is 0 Å². The second-order valence-corrected chi connectivity index (χ2v) is 12.2. The molecule has 0 bridgehead atoms. The number of benzene rings is 2. The zero-order chi connectivity index (χ0) is 31.3. The highest BCUT2D eigenvalue weighted by atomic mass is 16.6. The average Bonchev–Trinajstić information content (AvgIpc) is 2.89. The van der Waals surface area contributed by atoms with E-state index < -0.39 is 41.9 Å². The Morgan fingerprint density at radius 2 is 1.40 bits per heavy atom. The van der Waals surface area contributed by atoms with E-state index in [-0.39, 0.29) is 25.0 Å². The standard InChI is InChI=1S/C32H48N4O6/c1-22(2)19-36(35-29(38)28(23(3)4)34-30(39)41-21-25-16-12-9-13-17-25)20-27(37)26(18-24-14-10-8-11-15-24)33-31(40)42-32(5,6)7/h8-17,22-23,26-28,37H,18-21H2,1-7H3,(H,33,40)(H,34,39)(H,35,38)/t26-,27-,28-/m0/s1. The molecule has 0 spiro atoms. The van der Waals surface area contributed by atoms with Crippen molar-refractivity contribution in [3.05, 3.63) is 71.8 Å². The van der Waals surface area contributed by atoms with Crippen LogP contribution in [0.5, 0.6) is 0 Å². The summed E-state index contributed by atoms with van der Waals surface area (Å²) < 4.78 is 10.8. The third-order valence-corrected chi connectivity index (χ3v) is 6.16. The molecule has 3 atom stereocenters. The van der Waals surface area contributed by atoms with Crippen LogP contribution in [0.1, 0.15) is 59.6 Å². The number of nitrogens with zero attached hydrogens (tertiary/aromatic N) is 1. The summed E-state index contributed by atoms with van der Waals surface area (Å²) in [4.78, 5) is 38.5. The Bertz CT molecular complexity index is 1100. The van der Waals surface area contributed by atoms with Gasteiger partial charge in [0.1, 0.15) is 18.2 Å². The fourth-order valence-corrected chi connectivity index (χ4v) is 4.22. The second kappa shape index (κ2) is 16.7. The molecule has 10 heteroatoms. The van der Waals surface area contributed by atoms with Gasteiger partial charge in [0.2, 0.25) is 0 Å². The van der Waals surface area contributed by atoms with Crippen LogP contribution in [0.3, 0.4) is 0 Å². The van der Waals surface area contributed by atoms with Crippen molar-refractivity contribution in [3.8, 4) is 0 Å². The molecule has 2 aromatic rings. The molecule has 0 aromatic heterocycles. The molecule has 3 amide bonds. The molecule has 0 unspecified atom stereocenters. The predicted octanol–water partition coefficient (Wildman–Crippen LogP) is 4.42. The van der Waals surface area contributed by atoms with Gasteiger partial charge >= 0.3 is 12.2 Å². The first-order valence-corrected chi connectivity index (χ1v) is 14.5. The molecule has 0 aliphatic heterocycles. The largest absolute Gasteiger partial charge is 0.445 e. The molecule has 232 valence electrons. The summed E-state index contributed by atoms with van der Waals surface area (Å²) in [5, 5.41) is 18.4. The number of alkyl carbamates (subject to hydrolysis) is 2. The van der Waals surface area contributed by atoms with Gasteiger partial charge in [-0.25, -0.2) is 14.6 Å². The highest BCUT2D eigenvalue weighted by molar-refractivity contribution is 5.85. The number of carbonyl (C=O) groups excluding carboxylic acids is 3. The number of hydrogen-bond donors (Lipinski definition) is 4. The lowest BCUT2D eigenvalue weighted by molar-refractivity contribution is -0.130. The lowest BCUT2D eigenvalue weighted by Gasteiger charge is -2.33. The minimum Gasteiger partial charge on any atom is -0.445 e. The van der Waals surface area contributed by atoms with Crippen molar-refractivity contribution < 1.29 is 29.0 Å². The summed E-state index contributed by atoms with van der Waals surface area (Å²) in [6.45, 7) is 13.5. The highest BCUT2D eigenvalue weighted by Crippen LogP contribution is 2.12. The maximum absolute atomic E-state index is 13.4. The van der Waals surface area contributed by atoms with Crippen molar-refractivity contribution in [2.45, 2.75) is 85.3 Å². The topological polar surface area (TPSA) is 129 Å². The summed E-state index contributed by atoms with van der Waals surface area (Å²) in [6, 6.07) is 17.2. The lowest BCUT2D eigenvalue weighted by atomic mass is 10.0. The Hall–Kier alpha value is -3.63. The molecule has 2 rings (SSSR count). The molecule has 2 aromatic carbocycles. The average molecular weight is 585 g/mol. The smallest absolute Gasteiger partial charge is 0.408 e. The van der Waals surface area contributed by atoms with E-state index in [1.165, 1.54) is 0 Å². The first-order valence-electron chi connectivity index (χ1n) is 14.5. The van der Waals surface area contributed by atoms with Crippen LogP contribution in [0.15, 0.2) is 60.7 Å². The van der Waals surface area contributed by atoms with E-state index in [0.29, 0.717) is 13.0 Å². The Morgan fingerprint density at radius 3 is 1.93 bits per heavy atom. The van der Waals surface area contributed by atoms with E-state index in [1.54, 1.807) is 25.8 Å². The second-order valence-electron chi connectivity index (χ2n) is 12.2. The predicted molar refractivity (Wildman–Crippen MR) is 162 cm³/mol. The van der Waals surface area contributed by atoms with Gasteiger partial charge in [-0.2, -0.15) is 0 Å². The number of ether oxygens (including phenoxy) is 2. The van der Waals surface area contributed by atoms with Gasteiger partial charge in [-0.1, -0.05) is 88.4 Å². The Morgan fingerprint density at radius 1 is 0.833 bits per heavy atom. The van der Waals surface area contributed by atoms with Crippen LogP contribution in [0.2, 0.25) is 0 Å². The van der Waals surface area contributed by atoms with Gasteiger partial charge in [0.05, 0.1) is 12.1 Å². The molecule has 0 saturated carbocycles. The first kappa shape index (κ1) is 34.6. The molecule has 0 saturated heterocycles. The fourth-order valence-electron chi connectivity index (χ4n) is 4.22. The third kappa shape index (κ3) is 13.4. The SMILES string of the molecule is CC(C)CN(C[C@H](O)[C@H](Cc1ccccc1)NC(=O)OC(C)(C)C)NC(=O)[C@@H](NC(=O)OCc1ccccc1)C(C)C. The van der Waals surface area contributed by atoms with Crippen molar-refractivity contribution >= 4 is 18.1 Å². The van der Waals surface area contributed by atoms with Gasteiger partial charge in [0.15, 0.2) is 0 Å². The van der Waals surface area contributed by atoms with Crippen LogP contribution in [-0.4, -0.2) is 65.1 Å². The van der Waals surface area contributed by atoms with Crippen molar-refractivity contribution in [1.82, 2.24) is 21.1 Å². The summed E-state index contributed by atoms with van der Waals surface area (Å²) >= 11 is 0. The van der Waals surface area contributed by atoms with E-state index in [9.17, 15) is 19.5 Å². The van der Waals surface area contributed by atoms with Crippen molar-refractivity contribution in [3.63, 3.8) is 0 Å². The van der Waals surface area contributed by atoms with E-state index >= 15 is 0 Å². The summed E-state index contributed by atoms with van der Waals surface area (Å²) in [5.41, 5.74) is 3.93. The van der Waals surface area contributed by atoms with Gasteiger partial charge < -0.3 is 25.2 Å². The van der Waals surface area contributed by atoms with Gasteiger partial charge in [0.25, 0.3) is 5.91 Å². The normalized spacial score (nSPS) is 13.8. The van der Waals surface area contributed by atoms with E-state index in [4.69, 9.17) is 9.47 Å². The van der Waals surface area contributed by atoms with Crippen molar-refractivity contribution in [2.24, 2.45) is 11.8 Å². The summed E-state index contributed by atoms with van der Waals surface area (Å²) in [5.74, 6) is -0.529. The molecular formula is C32H48N4O6. The van der Waals surface area contributed by atoms with E-state index in [0.717, 1.165) is 11.1 Å². The minimum atomic E-state index is -1.06. The molecule has 0 fully saturated rings. The molecule has 42 heavy (non-hydrogen) atoms. The van der Waals surface area contributed by atoms with Crippen LogP contribution in [-0.2, 0) is 27.3 Å². The maximum atomic E-state index is 13.4. The molecule has 0 radical (unpaired) electrons. The van der Waals surface area contributed by atoms with Gasteiger partial charge in [-0.3, -0.25) is 10.2 Å². The highest BCUT2D eigenvalue weighted by Gasteiger charge is 2.30. The molecule has 0 aliphatic carbocycles. The number of hydrazine groups is 1. The number of amides is 3. The van der Waals surface area contributed by atoms with E-state index in [1.807, 2.05) is 88.4 Å². The minimum absolute atomic E-state index is 0.0283. The lowest BCUT2D eigenvalue weighted by Crippen LogP contribution is -2.58. The molecular weight excluding hydrogens is 536 g/mol. The number of carbonyl (C=O) groups is 3. The van der Waals surface area contributed by atoms with Crippen LogP contribution in [0, 0.1) is 11.8 Å². The Kier molecular flexibility index (Phi) is 13.8.